The minimum Gasteiger partial charge on any atom is -0.373 e. The van der Waals surface area contributed by atoms with Crippen LogP contribution in [0.4, 0.5) is 0 Å². The van der Waals surface area contributed by atoms with Crippen LogP contribution in [0.1, 0.15) is 24.8 Å². The van der Waals surface area contributed by atoms with Gasteiger partial charge in [-0.25, -0.2) is 0 Å². The summed E-state index contributed by atoms with van der Waals surface area (Å²) >= 11 is 0. The molecule has 0 unspecified atom stereocenters. The van der Waals surface area contributed by atoms with Crippen LogP contribution in [0.5, 0.6) is 0 Å². The lowest BCUT2D eigenvalue weighted by Gasteiger charge is -2.23. The molecule has 0 fully saturated rings. The molecule has 0 radical (unpaired) electrons. The summed E-state index contributed by atoms with van der Waals surface area (Å²) in [6, 6.07) is 10.4. The first-order valence-electron chi connectivity index (χ1n) is 5.68. The normalized spacial score (nSPS) is 14.1. The van der Waals surface area contributed by atoms with E-state index in [1.54, 1.807) is 6.08 Å². The molecule has 0 saturated heterocycles. The lowest BCUT2D eigenvalue weighted by molar-refractivity contribution is 0.0596. The summed E-state index contributed by atoms with van der Waals surface area (Å²) in [6.07, 6.45) is 4.74. The topological polar surface area (TPSA) is 9.23 Å². The van der Waals surface area contributed by atoms with Crippen LogP contribution in [0.15, 0.2) is 55.6 Å². The Bertz CT molecular complexity index is 315. The van der Waals surface area contributed by atoms with Crippen LogP contribution in [0.2, 0.25) is 0 Å². The lowest BCUT2D eigenvalue weighted by Crippen LogP contribution is -2.20. The molecule has 0 aliphatic heterocycles. The molecular formula is C15H20O. The molecule has 1 nitrogen and oxygen atoms in total. The molecule has 16 heavy (non-hydrogen) atoms. The fraction of sp³-hybridized carbons (Fsp3) is 0.333. The lowest BCUT2D eigenvalue weighted by atomic mass is 9.93. The maximum atomic E-state index is 5.76. The monoisotopic (exact) mass is 216 g/mol. The van der Waals surface area contributed by atoms with Gasteiger partial charge < -0.3 is 4.74 Å². The Labute approximate surface area is 98.5 Å². The smallest absolute Gasteiger partial charge is 0.0679 e. The Kier molecular flexibility index (Phi) is 5.58. The molecule has 0 N–H and O–H groups in total. The number of ether oxygens (including phenoxy) is 1. The third kappa shape index (κ3) is 3.67. The minimum absolute atomic E-state index is 0.179. The molecule has 0 saturated carbocycles. The van der Waals surface area contributed by atoms with Crippen molar-refractivity contribution in [3.8, 4) is 0 Å². The Morgan fingerprint density at radius 3 is 2.44 bits per heavy atom. The van der Waals surface area contributed by atoms with Gasteiger partial charge in [0.25, 0.3) is 0 Å². The zero-order valence-corrected chi connectivity index (χ0v) is 9.93. The first-order valence-corrected chi connectivity index (χ1v) is 5.68. The summed E-state index contributed by atoms with van der Waals surface area (Å²) in [6.45, 7) is 10.2. The second-order valence-electron chi connectivity index (χ2n) is 3.88. The van der Waals surface area contributed by atoms with Gasteiger partial charge in [-0.1, -0.05) is 49.4 Å². The van der Waals surface area contributed by atoms with Crippen molar-refractivity contribution in [2.24, 2.45) is 0 Å². The molecule has 1 aromatic carbocycles. The van der Waals surface area contributed by atoms with E-state index in [2.05, 4.69) is 44.3 Å². The van der Waals surface area contributed by atoms with E-state index in [0.717, 1.165) is 6.42 Å². The van der Waals surface area contributed by atoms with E-state index in [1.807, 2.05) is 12.1 Å². The van der Waals surface area contributed by atoms with Crippen molar-refractivity contribution in [3.63, 3.8) is 0 Å². The zero-order chi connectivity index (χ0) is 11.8. The summed E-state index contributed by atoms with van der Waals surface area (Å²) in [7, 11) is 0. The van der Waals surface area contributed by atoms with E-state index < -0.39 is 0 Å². The largest absolute Gasteiger partial charge is 0.373 e. The highest BCUT2D eigenvalue weighted by Crippen LogP contribution is 2.23. The highest BCUT2D eigenvalue weighted by Gasteiger charge is 2.17. The van der Waals surface area contributed by atoms with Crippen LogP contribution in [-0.4, -0.2) is 12.7 Å². The molecule has 1 rings (SSSR count). The predicted octanol–water partition coefficient (Wildman–Crippen LogP) is 3.94. The Balaban J connectivity index is 2.69. The molecule has 1 aromatic rings. The zero-order valence-electron chi connectivity index (χ0n) is 9.93. The van der Waals surface area contributed by atoms with Gasteiger partial charge in [0.15, 0.2) is 0 Å². The van der Waals surface area contributed by atoms with E-state index in [9.17, 15) is 0 Å². The number of hydrogen-bond acceptors (Lipinski definition) is 1. The quantitative estimate of drug-likeness (QED) is 0.627. The van der Waals surface area contributed by atoms with Crippen LogP contribution < -0.4 is 0 Å². The molecule has 0 aliphatic rings. The van der Waals surface area contributed by atoms with Gasteiger partial charge in [0, 0.05) is 5.92 Å². The van der Waals surface area contributed by atoms with Crippen molar-refractivity contribution < 1.29 is 4.74 Å². The van der Waals surface area contributed by atoms with E-state index in [-0.39, 0.29) is 6.10 Å². The maximum absolute atomic E-state index is 5.76. The van der Waals surface area contributed by atoms with Gasteiger partial charge in [-0.05, 0) is 12.0 Å². The molecule has 0 heterocycles. The van der Waals surface area contributed by atoms with Crippen LogP contribution in [0.25, 0.3) is 0 Å². The predicted molar refractivity (Wildman–Crippen MR) is 69.6 cm³/mol. The van der Waals surface area contributed by atoms with Crippen LogP contribution >= 0.6 is 0 Å². The third-order valence-corrected chi connectivity index (χ3v) is 2.71. The minimum atomic E-state index is 0.179. The molecule has 0 bridgehead atoms. The van der Waals surface area contributed by atoms with Crippen LogP contribution in [-0.2, 0) is 4.74 Å². The highest BCUT2D eigenvalue weighted by atomic mass is 16.5. The van der Waals surface area contributed by atoms with E-state index >= 15 is 0 Å². The van der Waals surface area contributed by atoms with Crippen LogP contribution in [0, 0.1) is 0 Å². The van der Waals surface area contributed by atoms with Crippen molar-refractivity contribution in [2.45, 2.75) is 25.4 Å². The second kappa shape index (κ2) is 7.02. The SMILES string of the molecule is C=CCO[C@@H](CC=C)[C@H](C)c1ccccc1. The van der Waals surface area contributed by atoms with E-state index in [1.165, 1.54) is 5.56 Å². The summed E-state index contributed by atoms with van der Waals surface area (Å²) < 4.78 is 5.76. The van der Waals surface area contributed by atoms with Crippen molar-refractivity contribution >= 4 is 0 Å². The molecule has 0 spiro atoms. The molecule has 0 aliphatic carbocycles. The molecule has 2 atom stereocenters. The summed E-state index contributed by atoms with van der Waals surface area (Å²) in [5, 5.41) is 0. The van der Waals surface area contributed by atoms with Crippen molar-refractivity contribution in [1.82, 2.24) is 0 Å². The van der Waals surface area contributed by atoms with Gasteiger partial charge >= 0.3 is 0 Å². The van der Waals surface area contributed by atoms with Gasteiger partial charge in [-0.2, -0.15) is 0 Å². The van der Waals surface area contributed by atoms with Gasteiger partial charge in [-0.15, -0.1) is 13.2 Å². The molecule has 0 aromatic heterocycles. The number of hydrogen-bond donors (Lipinski definition) is 0. The fourth-order valence-corrected chi connectivity index (χ4v) is 1.74. The number of rotatable bonds is 7. The van der Waals surface area contributed by atoms with Gasteiger partial charge in [-0.3, -0.25) is 0 Å². The van der Waals surface area contributed by atoms with E-state index in [0.29, 0.717) is 12.5 Å². The highest BCUT2D eigenvalue weighted by molar-refractivity contribution is 5.20. The molecule has 86 valence electrons. The first kappa shape index (κ1) is 12.7. The molecular weight excluding hydrogens is 196 g/mol. The van der Waals surface area contributed by atoms with Crippen LogP contribution in [0.3, 0.4) is 0 Å². The third-order valence-electron chi connectivity index (χ3n) is 2.71. The maximum Gasteiger partial charge on any atom is 0.0679 e. The van der Waals surface area contributed by atoms with Gasteiger partial charge in [0.05, 0.1) is 12.7 Å². The van der Waals surface area contributed by atoms with E-state index in [4.69, 9.17) is 4.74 Å². The Morgan fingerprint density at radius 1 is 1.19 bits per heavy atom. The Hall–Kier alpha value is -1.34. The molecule has 1 heteroatoms. The van der Waals surface area contributed by atoms with Crippen molar-refractivity contribution in [3.05, 3.63) is 61.2 Å². The average Bonchev–Trinajstić information content (AvgIpc) is 2.35. The second-order valence-corrected chi connectivity index (χ2v) is 3.88. The summed E-state index contributed by atoms with van der Waals surface area (Å²) in [5.41, 5.74) is 1.30. The van der Waals surface area contributed by atoms with Crippen molar-refractivity contribution in [2.75, 3.05) is 6.61 Å². The standard InChI is InChI=1S/C15H20O/c1-4-9-15(16-12-5-2)13(3)14-10-7-6-8-11-14/h4-8,10-11,13,15H,1-2,9,12H2,3H3/t13-,15+/m1/s1. The summed E-state index contributed by atoms with van der Waals surface area (Å²) in [4.78, 5) is 0. The average molecular weight is 216 g/mol. The van der Waals surface area contributed by atoms with Gasteiger partial charge in [0.1, 0.15) is 0 Å². The first-order chi connectivity index (χ1) is 7.79. The number of benzene rings is 1. The van der Waals surface area contributed by atoms with Gasteiger partial charge in [0.2, 0.25) is 0 Å². The fourth-order valence-electron chi connectivity index (χ4n) is 1.74. The Morgan fingerprint density at radius 2 is 1.88 bits per heavy atom. The molecule has 0 amide bonds. The summed E-state index contributed by atoms with van der Waals surface area (Å²) in [5.74, 6) is 0.374. The van der Waals surface area contributed by atoms with Crippen molar-refractivity contribution in [1.29, 1.82) is 0 Å².